The molecule has 0 bridgehead atoms. The van der Waals surface area contributed by atoms with Gasteiger partial charge in [0.2, 0.25) is 0 Å². The van der Waals surface area contributed by atoms with Gasteiger partial charge < -0.3 is 0 Å². The molecule has 0 fully saturated rings. The highest BCUT2D eigenvalue weighted by molar-refractivity contribution is 5.99. The normalized spacial score (nSPS) is 12.4. The quantitative estimate of drug-likeness (QED) is 0.778. The first-order valence-electron chi connectivity index (χ1n) is 7.03. The molecule has 0 heterocycles. The number of benzene rings is 2. The van der Waals surface area contributed by atoms with Crippen LogP contribution in [0.1, 0.15) is 28.4 Å². The highest BCUT2D eigenvalue weighted by atomic mass is 19.1. The van der Waals surface area contributed by atoms with Crippen molar-refractivity contribution in [2.75, 3.05) is 7.05 Å². The Hall–Kier alpha value is -2.00. The van der Waals surface area contributed by atoms with Crippen LogP contribution in [-0.2, 0) is 6.54 Å². The molecule has 2 nitrogen and oxygen atoms in total. The summed E-state index contributed by atoms with van der Waals surface area (Å²) in [4.78, 5) is 14.4. The molecule has 0 aromatic heterocycles. The number of ketones is 1. The summed E-state index contributed by atoms with van der Waals surface area (Å²) in [6, 6.07) is 13.6. The van der Waals surface area contributed by atoms with Crippen molar-refractivity contribution in [2.24, 2.45) is 0 Å². The lowest BCUT2D eigenvalue weighted by Crippen LogP contribution is -2.35. The Morgan fingerprint density at radius 2 is 1.76 bits per heavy atom. The molecule has 2 aromatic rings. The van der Waals surface area contributed by atoms with E-state index in [1.807, 2.05) is 31.0 Å². The van der Waals surface area contributed by atoms with Crippen LogP contribution in [0, 0.1) is 12.7 Å². The number of Topliss-reactive ketones (excluding diaryl/α,β-unsaturated/α-hetero) is 1. The first kappa shape index (κ1) is 15.4. The highest BCUT2D eigenvalue weighted by Gasteiger charge is 2.20. The van der Waals surface area contributed by atoms with E-state index >= 15 is 0 Å². The molecule has 1 atom stereocenters. The van der Waals surface area contributed by atoms with Crippen molar-refractivity contribution < 1.29 is 9.18 Å². The number of carbonyl (C=O) groups is 1. The maximum Gasteiger partial charge on any atom is 0.179 e. The van der Waals surface area contributed by atoms with Crippen LogP contribution in [0.3, 0.4) is 0 Å². The number of rotatable bonds is 5. The zero-order valence-electron chi connectivity index (χ0n) is 12.6. The number of aryl methyl sites for hydroxylation is 1. The molecule has 0 N–H and O–H groups in total. The number of likely N-dealkylation sites (N-methyl/N-ethyl adjacent to an activating group) is 1. The van der Waals surface area contributed by atoms with E-state index in [9.17, 15) is 9.18 Å². The van der Waals surface area contributed by atoms with Crippen LogP contribution < -0.4 is 0 Å². The molecular weight excluding hydrogens is 265 g/mol. The van der Waals surface area contributed by atoms with Gasteiger partial charge in [0.15, 0.2) is 5.78 Å². The molecular formula is C18H20FNO. The maximum atomic E-state index is 12.9. The fraction of sp³-hybridized carbons (Fsp3) is 0.278. The van der Waals surface area contributed by atoms with E-state index in [-0.39, 0.29) is 17.6 Å². The van der Waals surface area contributed by atoms with Crippen molar-refractivity contribution in [2.45, 2.75) is 26.4 Å². The van der Waals surface area contributed by atoms with E-state index in [1.54, 1.807) is 0 Å². The minimum Gasteiger partial charge on any atom is -0.292 e. The fourth-order valence-corrected chi connectivity index (χ4v) is 2.25. The smallest absolute Gasteiger partial charge is 0.179 e. The summed E-state index contributed by atoms with van der Waals surface area (Å²) in [7, 11) is 1.93. The molecule has 0 saturated heterocycles. The van der Waals surface area contributed by atoms with Crippen LogP contribution in [0.25, 0.3) is 0 Å². The Labute approximate surface area is 125 Å². The summed E-state index contributed by atoms with van der Waals surface area (Å²) < 4.78 is 12.9. The third-order valence-corrected chi connectivity index (χ3v) is 3.85. The van der Waals surface area contributed by atoms with Crippen LogP contribution in [-0.4, -0.2) is 23.8 Å². The zero-order valence-corrected chi connectivity index (χ0v) is 12.6. The van der Waals surface area contributed by atoms with Gasteiger partial charge >= 0.3 is 0 Å². The molecule has 1 unspecified atom stereocenters. The van der Waals surface area contributed by atoms with Crippen molar-refractivity contribution in [3.63, 3.8) is 0 Å². The number of carbonyl (C=O) groups excluding carboxylic acids is 1. The number of hydrogen-bond acceptors (Lipinski definition) is 2. The van der Waals surface area contributed by atoms with Crippen molar-refractivity contribution in [1.29, 1.82) is 0 Å². The van der Waals surface area contributed by atoms with Crippen LogP contribution in [0.2, 0.25) is 0 Å². The van der Waals surface area contributed by atoms with Gasteiger partial charge in [-0.3, -0.25) is 9.69 Å². The number of nitrogens with zero attached hydrogens (tertiary/aromatic N) is 1. The second-order valence-electron chi connectivity index (χ2n) is 5.39. The van der Waals surface area contributed by atoms with Crippen LogP contribution in [0.4, 0.5) is 4.39 Å². The second-order valence-corrected chi connectivity index (χ2v) is 5.39. The molecule has 21 heavy (non-hydrogen) atoms. The van der Waals surface area contributed by atoms with Gasteiger partial charge in [-0.1, -0.05) is 24.3 Å². The fourth-order valence-electron chi connectivity index (χ4n) is 2.25. The molecule has 0 radical (unpaired) electrons. The van der Waals surface area contributed by atoms with E-state index < -0.39 is 0 Å². The largest absolute Gasteiger partial charge is 0.292 e. The first-order valence-corrected chi connectivity index (χ1v) is 7.03. The summed E-state index contributed by atoms with van der Waals surface area (Å²) in [6.07, 6.45) is 0. The standard InChI is InChI=1S/C18H20FNO/c1-13-6-4-5-7-16(13)12-20(3)14(2)18(21)15-8-10-17(19)11-9-15/h4-11,14H,12H2,1-3H3. The summed E-state index contributed by atoms with van der Waals surface area (Å²) in [6.45, 7) is 4.65. The third kappa shape index (κ3) is 3.76. The molecule has 0 aliphatic rings. The molecule has 2 rings (SSSR count). The minimum atomic E-state index is -0.326. The lowest BCUT2D eigenvalue weighted by molar-refractivity contribution is 0.0862. The van der Waals surface area contributed by atoms with Gasteiger partial charge in [-0.05, 0) is 56.3 Å². The lowest BCUT2D eigenvalue weighted by Gasteiger charge is -2.24. The Morgan fingerprint density at radius 3 is 2.38 bits per heavy atom. The molecule has 0 saturated carbocycles. The van der Waals surface area contributed by atoms with Gasteiger partial charge in [0, 0.05) is 12.1 Å². The van der Waals surface area contributed by atoms with E-state index in [0.717, 1.165) is 0 Å². The molecule has 0 amide bonds. The second kappa shape index (κ2) is 6.64. The molecule has 2 aromatic carbocycles. The average molecular weight is 285 g/mol. The minimum absolute atomic E-state index is 0.00563. The van der Waals surface area contributed by atoms with Gasteiger partial charge in [0.05, 0.1) is 6.04 Å². The first-order chi connectivity index (χ1) is 9.99. The van der Waals surface area contributed by atoms with Crippen molar-refractivity contribution in [3.05, 3.63) is 71.0 Å². The summed E-state index contributed by atoms with van der Waals surface area (Å²) >= 11 is 0. The Balaban J connectivity index is 2.08. The summed E-state index contributed by atoms with van der Waals surface area (Å²) in [5.74, 6) is -0.321. The SMILES string of the molecule is Cc1ccccc1CN(C)C(C)C(=O)c1ccc(F)cc1. The Morgan fingerprint density at radius 1 is 1.14 bits per heavy atom. The van der Waals surface area contributed by atoms with Gasteiger partial charge in [0.1, 0.15) is 5.82 Å². The van der Waals surface area contributed by atoms with Crippen molar-refractivity contribution in [3.8, 4) is 0 Å². The molecule has 0 aliphatic heterocycles. The predicted octanol–water partition coefficient (Wildman–Crippen LogP) is 3.84. The van der Waals surface area contributed by atoms with Crippen LogP contribution in [0.15, 0.2) is 48.5 Å². The molecule has 110 valence electrons. The van der Waals surface area contributed by atoms with Gasteiger partial charge in [-0.25, -0.2) is 4.39 Å². The maximum absolute atomic E-state index is 12.9. The molecule has 0 aliphatic carbocycles. The average Bonchev–Trinajstić information content (AvgIpc) is 2.49. The van der Waals surface area contributed by atoms with Crippen molar-refractivity contribution >= 4 is 5.78 Å². The van der Waals surface area contributed by atoms with E-state index in [4.69, 9.17) is 0 Å². The monoisotopic (exact) mass is 285 g/mol. The summed E-state index contributed by atoms with van der Waals surface area (Å²) in [5.41, 5.74) is 2.96. The van der Waals surface area contributed by atoms with Gasteiger partial charge in [-0.15, -0.1) is 0 Å². The Kier molecular flexibility index (Phi) is 4.86. The third-order valence-electron chi connectivity index (χ3n) is 3.85. The topological polar surface area (TPSA) is 20.3 Å². The summed E-state index contributed by atoms with van der Waals surface area (Å²) in [5, 5.41) is 0. The van der Waals surface area contributed by atoms with Crippen molar-refractivity contribution in [1.82, 2.24) is 4.90 Å². The number of halogens is 1. The van der Waals surface area contributed by atoms with Crippen LogP contribution in [0.5, 0.6) is 0 Å². The van der Waals surface area contributed by atoms with Crippen LogP contribution >= 0.6 is 0 Å². The van der Waals surface area contributed by atoms with Gasteiger partial charge in [0.25, 0.3) is 0 Å². The number of hydrogen-bond donors (Lipinski definition) is 0. The zero-order chi connectivity index (χ0) is 15.4. The highest BCUT2D eigenvalue weighted by Crippen LogP contribution is 2.14. The predicted molar refractivity (Wildman–Crippen MR) is 82.8 cm³/mol. The van der Waals surface area contributed by atoms with Gasteiger partial charge in [-0.2, -0.15) is 0 Å². The molecule has 3 heteroatoms. The Bertz CT molecular complexity index is 621. The van der Waals surface area contributed by atoms with E-state index in [2.05, 4.69) is 19.1 Å². The lowest BCUT2D eigenvalue weighted by atomic mass is 10.0. The van der Waals surface area contributed by atoms with E-state index in [1.165, 1.54) is 35.4 Å². The molecule has 0 spiro atoms. The van der Waals surface area contributed by atoms with E-state index in [0.29, 0.717) is 12.1 Å².